The van der Waals surface area contributed by atoms with E-state index >= 15 is 0 Å². The van der Waals surface area contributed by atoms with Crippen molar-refractivity contribution in [3.63, 3.8) is 0 Å². The lowest BCUT2D eigenvalue weighted by Gasteiger charge is -2.42. The van der Waals surface area contributed by atoms with Crippen molar-refractivity contribution in [2.75, 3.05) is 19.6 Å². The minimum atomic E-state index is -1.13. The molecule has 0 aliphatic carbocycles. The van der Waals surface area contributed by atoms with E-state index in [1.165, 1.54) is 0 Å². The van der Waals surface area contributed by atoms with E-state index < -0.39 is 36.2 Å². The van der Waals surface area contributed by atoms with Crippen LogP contribution < -0.4 is 0 Å². The van der Waals surface area contributed by atoms with Gasteiger partial charge in [-0.25, -0.2) is 0 Å². The van der Waals surface area contributed by atoms with Gasteiger partial charge in [-0.1, -0.05) is 0 Å². The summed E-state index contributed by atoms with van der Waals surface area (Å²) in [6.07, 6.45) is -5.17. The zero-order valence-electron chi connectivity index (χ0n) is 15.6. The van der Waals surface area contributed by atoms with Crippen LogP contribution in [-0.4, -0.2) is 100 Å². The van der Waals surface area contributed by atoms with E-state index in [0.717, 1.165) is 0 Å². The van der Waals surface area contributed by atoms with Crippen LogP contribution in [0.5, 0.6) is 0 Å². The molecular formula is C17H29NO8. The maximum Gasteiger partial charge on any atom is 0.190 e. The first-order valence-corrected chi connectivity index (χ1v) is 9.18. The first kappa shape index (κ1) is 19.0. The predicted molar refractivity (Wildman–Crippen MR) is 87.0 cm³/mol. The van der Waals surface area contributed by atoms with E-state index in [1.54, 1.807) is 0 Å². The summed E-state index contributed by atoms with van der Waals surface area (Å²) in [7, 11) is 0. The average molecular weight is 375 g/mol. The quantitative estimate of drug-likeness (QED) is 0.547. The number of aliphatic hydroxyl groups excluding tert-OH is 3. The van der Waals surface area contributed by atoms with Gasteiger partial charge in [0.2, 0.25) is 0 Å². The molecule has 1 unspecified atom stereocenters. The van der Waals surface area contributed by atoms with Gasteiger partial charge in [-0.15, -0.1) is 0 Å². The van der Waals surface area contributed by atoms with Crippen molar-refractivity contribution in [2.24, 2.45) is 0 Å². The van der Waals surface area contributed by atoms with E-state index in [-0.39, 0.29) is 37.5 Å². The maximum absolute atomic E-state index is 9.94. The van der Waals surface area contributed by atoms with Crippen LogP contribution in [0.4, 0.5) is 0 Å². The average Bonchev–Trinajstić information content (AvgIpc) is 2.99. The number of hydrogen-bond acceptors (Lipinski definition) is 9. The lowest BCUT2D eigenvalue weighted by atomic mass is 9.96. The molecule has 150 valence electrons. The van der Waals surface area contributed by atoms with Crippen molar-refractivity contribution in [1.82, 2.24) is 4.90 Å². The molecule has 4 fully saturated rings. The summed E-state index contributed by atoms with van der Waals surface area (Å²) in [6, 6.07) is 0. The third-order valence-corrected chi connectivity index (χ3v) is 5.37. The van der Waals surface area contributed by atoms with Crippen LogP contribution in [0.1, 0.15) is 27.7 Å². The molecule has 0 aromatic carbocycles. The Hall–Kier alpha value is -0.360. The van der Waals surface area contributed by atoms with Crippen LogP contribution in [0.15, 0.2) is 0 Å². The number of hydrogen-bond donors (Lipinski definition) is 3. The van der Waals surface area contributed by atoms with E-state index in [1.807, 2.05) is 32.6 Å². The Kier molecular flexibility index (Phi) is 4.62. The Bertz CT molecular complexity index is 531. The van der Waals surface area contributed by atoms with Crippen LogP contribution in [0.2, 0.25) is 0 Å². The van der Waals surface area contributed by atoms with E-state index in [9.17, 15) is 15.3 Å². The molecule has 9 heteroatoms. The smallest absolute Gasteiger partial charge is 0.190 e. The molecule has 4 aliphatic heterocycles. The Labute approximate surface area is 152 Å². The molecule has 4 heterocycles. The maximum atomic E-state index is 9.94. The summed E-state index contributed by atoms with van der Waals surface area (Å²) in [6.45, 7) is 8.27. The molecular weight excluding hydrogens is 346 g/mol. The van der Waals surface area contributed by atoms with E-state index in [2.05, 4.69) is 0 Å². The van der Waals surface area contributed by atoms with Crippen LogP contribution in [0.25, 0.3) is 0 Å². The second kappa shape index (κ2) is 6.33. The SMILES string of the molecule is CC1(C)O[C@H]2[C@@H](O1)[C@@H](CN1C[C@@H](O)C(O)[C@@H](O)C1)O[C@@H]1OC(C)(C)O[C@@H]12. The second-order valence-corrected chi connectivity index (χ2v) is 8.55. The highest BCUT2D eigenvalue weighted by Crippen LogP contribution is 2.44. The summed E-state index contributed by atoms with van der Waals surface area (Å²) in [4.78, 5) is 1.86. The minimum absolute atomic E-state index is 0.247. The molecule has 9 nitrogen and oxygen atoms in total. The highest BCUT2D eigenvalue weighted by molar-refractivity contribution is 5.01. The molecule has 0 aromatic heterocycles. The van der Waals surface area contributed by atoms with Crippen molar-refractivity contribution in [1.29, 1.82) is 0 Å². The number of β-amino-alcohol motifs (C(OH)–C–C–N with tert-alkyl or cyclic N) is 2. The molecule has 0 amide bonds. The molecule has 0 spiro atoms. The van der Waals surface area contributed by atoms with E-state index in [0.29, 0.717) is 6.54 Å². The Morgan fingerprint density at radius 1 is 0.808 bits per heavy atom. The molecule has 0 radical (unpaired) electrons. The summed E-state index contributed by atoms with van der Waals surface area (Å²) < 4.78 is 30.1. The van der Waals surface area contributed by atoms with Crippen molar-refractivity contribution in [3.05, 3.63) is 0 Å². The fraction of sp³-hybridized carbons (Fsp3) is 1.00. The Morgan fingerprint density at radius 3 is 2.00 bits per heavy atom. The van der Waals surface area contributed by atoms with Gasteiger partial charge in [-0.3, -0.25) is 4.90 Å². The van der Waals surface area contributed by atoms with Gasteiger partial charge in [0.25, 0.3) is 0 Å². The summed E-state index contributed by atoms with van der Waals surface area (Å²) in [5, 5.41) is 29.6. The number of nitrogens with zero attached hydrogens (tertiary/aromatic N) is 1. The summed E-state index contributed by atoms with van der Waals surface area (Å²) in [5.41, 5.74) is 0. The highest BCUT2D eigenvalue weighted by atomic mass is 16.9. The van der Waals surface area contributed by atoms with Gasteiger partial charge in [0, 0.05) is 19.6 Å². The molecule has 26 heavy (non-hydrogen) atoms. The summed E-state index contributed by atoms with van der Waals surface area (Å²) in [5.74, 6) is -1.54. The first-order valence-electron chi connectivity index (χ1n) is 9.18. The number of likely N-dealkylation sites (tertiary alicyclic amines) is 1. The highest BCUT2D eigenvalue weighted by Gasteiger charge is 2.60. The van der Waals surface area contributed by atoms with Crippen LogP contribution in [0.3, 0.4) is 0 Å². The lowest BCUT2D eigenvalue weighted by molar-refractivity contribution is -0.239. The number of ether oxygens (including phenoxy) is 5. The monoisotopic (exact) mass is 375 g/mol. The Balaban J connectivity index is 1.51. The van der Waals surface area contributed by atoms with Gasteiger partial charge in [-0.2, -0.15) is 0 Å². The number of piperidine rings is 1. The largest absolute Gasteiger partial charge is 0.389 e. The normalized spacial score (nSPS) is 50.4. The van der Waals surface area contributed by atoms with Crippen molar-refractivity contribution >= 4 is 0 Å². The van der Waals surface area contributed by atoms with Crippen LogP contribution in [-0.2, 0) is 23.7 Å². The number of aliphatic hydroxyl groups is 3. The second-order valence-electron chi connectivity index (χ2n) is 8.55. The molecule has 0 aromatic rings. The van der Waals surface area contributed by atoms with Crippen molar-refractivity contribution in [3.8, 4) is 0 Å². The van der Waals surface area contributed by atoms with Crippen LogP contribution in [0, 0.1) is 0 Å². The topological polar surface area (TPSA) is 110 Å². The van der Waals surface area contributed by atoms with Gasteiger partial charge >= 0.3 is 0 Å². The molecule has 4 rings (SSSR count). The molecule has 4 aliphatic rings. The van der Waals surface area contributed by atoms with E-state index in [4.69, 9.17) is 23.7 Å². The number of fused-ring (bicyclic) bond motifs is 3. The van der Waals surface area contributed by atoms with Gasteiger partial charge in [-0.05, 0) is 27.7 Å². The molecule has 8 atom stereocenters. The van der Waals surface area contributed by atoms with Crippen molar-refractivity contribution in [2.45, 2.75) is 88.3 Å². The molecule has 3 N–H and O–H groups in total. The zero-order chi connectivity index (χ0) is 18.9. The van der Waals surface area contributed by atoms with Gasteiger partial charge in [0.15, 0.2) is 17.9 Å². The number of rotatable bonds is 2. The predicted octanol–water partition coefficient (Wildman–Crippen LogP) is -1.22. The minimum Gasteiger partial charge on any atom is -0.389 e. The first-order chi connectivity index (χ1) is 12.0. The van der Waals surface area contributed by atoms with Gasteiger partial charge in [0.05, 0.1) is 12.2 Å². The standard InChI is InChI=1S/C17H29NO8/c1-16(2)23-12-10(7-18-5-8(19)11(21)9(20)6-18)22-15-14(13(12)24-16)25-17(3,4)26-15/h8-15,19-21H,5-7H2,1-4H3/t8-,9+,10-,11?,12+,13+,14-,15-/m1/s1. The lowest BCUT2D eigenvalue weighted by Crippen LogP contribution is -2.61. The molecule has 4 saturated heterocycles. The van der Waals surface area contributed by atoms with Crippen molar-refractivity contribution < 1.29 is 39.0 Å². The Morgan fingerprint density at radius 2 is 1.35 bits per heavy atom. The fourth-order valence-corrected chi connectivity index (χ4v) is 4.32. The fourth-order valence-electron chi connectivity index (χ4n) is 4.32. The van der Waals surface area contributed by atoms with Crippen LogP contribution >= 0.6 is 0 Å². The third-order valence-electron chi connectivity index (χ3n) is 5.37. The molecule has 0 bridgehead atoms. The molecule has 0 saturated carbocycles. The van der Waals surface area contributed by atoms with Gasteiger partial charge < -0.3 is 39.0 Å². The summed E-state index contributed by atoms with van der Waals surface area (Å²) >= 11 is 0. The third kappa shape index (κ3) is 3.41. The van der Waals surface area contributed by atoms with Gasteiger partial charge in [0.1, 0.15) is 30.5 Å². The zero-order valence-corrected chi connectivity index (χ0v) is 15.6.